The van der Waals surface area contributed by atoms with Gasteiger partial charge in [-0.25, -0.2) is 9.97 Å². The van der Waals surface area contributed by atoms with Crippen LogP contribution in [0.4, 0.5) is 0 Å². The molecular formula is C20H18N6. The summed E-state index contributed by atoms with van der Waals surface area (Å²) in [7, 11) is 0. The SMILES string of the molecule is C=CCC(N=CC(=CN)c1ncnc2[nH]ccc12)c1cccc(C#N)c1. The predicted molar refractivity (Wildman–Crippen MR) is 103 cm³/mol. The third kappa shape index (κ3) is 3.52. The molecule has 6 heteroatoms. The Balaban J connectivity index is 1.94. The first kappa shape index (κ1) is 17.1. The quantitative estimate of drug-likeness (QED) is 0.528. The molecule has 1 atom stereocenters. The van der Waals surface area contributed by atoms with E-state index in [4.69, 9.17) is 11.0 Å². The Bertz CT molecular complexity index is 1020. The number of nitrogens with zero attached hydrogens (tertiary/aromatic N) is 4. The number of aromatic amines is 1. The van der Waals surface area contributed by atoms with Crippen LogP contribution in [0.5, 0.6) is 0 Å². The lowest BCUT2D eigenvalue weighted by molar-refractivity contribution is 0.748. The number of nitrogens with two attached hydrogens (primary N) is 1. The van der Waals surface area contributed by atoms with Gasteiger partial charge in [0.1, 0.15) is 12.0 Å². The van der Waals surface area contributed by atoms with Crippen LogP contribution >= 0.6 is 0 Å². The standard InChI is InChI=1S/C20H18N6/c1-2-4-18(15-6-3-5-14(9-15)10-21)24-12-16(11-22)19-17-7-8-23-20(17)26-13-25-19/h2-3,5-9,11-13,18H,1,4,22H2,(H,23,25,26). The van der Waals surface area contributed by atoms with Crippen LogP contribution in [0.15, 0.2) is 66.7 Å². The molecule has 3 N–H and O–H groups in total. The van der Waals surface area contributed by atoms with Gasteiger partial charge in [-0.05, 0) is 30.2 Å². The summed E-state index contributed by atoms with van der Waals surface area (Å²) < 4.78 is 0. The van der Waals surface area contributed by atoms with Crippen molar-refractivity contribution in [2.45, 2.75) is 12.5 Å². The molecule has 3 aromatic rings. The van der Waals surface area contributed by atoms with Gasteiger partial charge in [0.05, 0.1) is 23.4 Å². The molecule has 6 nitrogen and oxygen atoms in total. The van der Waals surface area contributed by atoms with Gasteiger partial charge in [-0.2, -0.15) is 5.26 Å². The van der Waals surface area contributed by atoms with Gasteiger partial charge in [-0.15, -0.1) is 6.58 Å². The van der Waals surface area contributed by atoms with E-state index in [0.29, 0.717) is 23.3 Å². The number of allylic oxidation sites excluding steroid dienone is 1. The minimum absolute atomic E-state index is 0.153. The lowest BCUT2D eigenvalue weighted by atomic mass is 10.0. The molecule has 1 unspecified atom stereocenters. The van der Waals surface area contributed by atoms with Gasteiger partial charge in [0, 0.05) is 29.6 Å². The lowest BCUT2D eigenvalue weighted by Gasteiger charge is -2.11. The van der Waals surface area contributed by atoms with E-state index in [-0.39, 0.29) is 6.04 Å². The fraction of sp³-hybridized carbons (Fsp3) is 0.100. The molecule has 2 aromatic heterocycles. The Morgan fingerprint density at radius 2 is 2.27 bits per heavy atom. The number of benzene rings is 1. The topological polar surface area (TPSA) is 104 Å². The molecule has 0 saturated heterocycles. The summed E-state index contributed by atoms with van der Waals surface area (Å²) in [5, 5.41) is 9.98. The van der Waals surface area contributed by atoms with Gasteiger partial charge in [0.15, 0.2) is 0 Å². The molecular weight excluding hydrogens is 324 g/mol. The first-order chi connectivity index (χ1) is 12.8. The van der Waals surface area contributed by atoms with Gasteiger partial charge in [0.2, 0.25) is 0 Å². The molecule has 3 rings (SSSR count). The molecule has 0 aliphatic carbocycles. The number of aliphatic imine (C=N–C) groups is 1. The molecule has 0 spiro atoms. The second-order valence-corrected chi connectivity index (χ2v) is 5.64. The third-order valence-electron chi connectivity index (χ3n) is 3.99. The fourth-order valence-corrected chi connectivity index (χ4v) is 2.71. The number of nitrogens with one attached hydrogen (secondary N) is 1. The summed E-state index contributed by atoms with van der Waals surface area (Å²) in [4.78, 5) is 16.3. The van der Waals surface area contributed by atoms with Gasteiger partial charge in [-0.3, -0.25) is 4.99 Å². The fourth-order valence-electron chi connectivity index (χ4n) is 2.71. The highest BCUT2D eigenvalue weighted by molar-refractivity contribution is 6.13. The highest BCUT2D eigenvalue weighted by Crippen LogP contribution is 2.24. The molecule has 0 bridgehead atoms. The summed E-state index contributed by atoms with van der Waals surface area (Å²) in [6.45, 7) is 3.81. The maximum absolute atomic E-state index is 9.11. The highest BCUT2D eigenvalue weighted by atomic mass is 14.9. The summed E-state index contributed by atoms with van der Waals surface area (Å²) >= 11 is 0. The van der Waals surface area contributed by atoms with E-state index in [0.717, 1.165) is 16.6 Å². The largest absolute Gasteiger partial charge is 0.404 e. The van der Waals surface area contributed by atoms with E-state index in [2.05, 4.69) is 32.6 Å². The monoisotopic (exact) mass is 342 g/mol. The number of rotatable bonds is 6. The number of aromatic nitrogens is 3. The Morgan fingerprint density at radius 1 is 1.38 bits per heavy atom. The van der Waals surface area contributed by atoms with E-state index in [1.54, 1.807) is 12.3 Å². The van der Waals surface area contributed by atoms with Crippen molar-refractivity contribution in [1.29, 1.82) is 5.26 Å². The zero-order valence-corrected chi connectivity index (χ0v) is 14.1. The maximum atomic E-state index is 9.11. The molecule has 0 saturated carbocycles. The van der Waals surface area contributed by atoms with Crippen molar-refractivity contribution >= 4 is 22.8 Å². The van der Waals surface area contributed by atoms with E-state index >= 15 is 0 Å². The van der Waals surface area contributed by atoms with E-state index in [1.807, 2.05) is 36.5 Å². The molecule has 0 radical (unpaired) electrons. The number of nitriles is 1. The second kappa shape index (κ2) is 7.90. The van der Waals surface area contributed by atoms with Gasteiger partial charge < -0.3 is 10.7 Å². The maximum Gasteiger partial charge on any atom is 0.141 e. The first-order valence-corrected chi connectivity index (χ1v) is 8.11. The summed E-state index contributed by atoms with van der Waals surface area (Å²) in [5.74, 6) is 0. The zero-order valence-electron chi connectivity index (χ0n) is 14.1. The number of hydrogen-bond acceptors (Lipinski definition) is 5. The highest BCUT2D eigenvalue weighted by Gasteiger charge is 2.11. The van der Waals surface area contributed by atoms with Crippen LogP contribution in [0.1, 0.15) is 29.3 Å². The summed E-state index contributed by atoms with van der Waals surface area (Å²) in [5.41, 5.74) is 9.53. The van der Waals surface area contributed by atoms with Crippen LogP contribution in [-0.4, -0.2) is 21.2 Å². The minimum atomic E-state index is -0.153. The second-order valence-electron chi connectivity index (χ2n) is 5.64. The van der Waals surface area contributed by atoms with Crippen LogP contribution in [0.25, 0.3) is 16.6 Å². The number of fused-ring (bicyclic) bond motifs is 1. The lowest BCUT2D eigenvalue weighted by Crippen LogP contribution is -2.00. The molecule has 0 fully saturated rings. The third-order valence-corrected chi connectivity index (χ3v) is 3.99. The van der Waals surface area contributed by atoms with Crippen molar-refractivity contribution in [1.82, 2.24) is 15.0 Å². The van der Waals surface area contributed by atoms with Crippen molar-refractivity contribution in [2.24, 2.45) is 10.7 Å². The number of hydrogen-bond donors (Lipinski definition) is 2. The zero-order chi connectivity index (χ0) is 18.4. The van der Waals surface area contributed by atoms with Crippen LogP contribution in [0.3, 0.4) is 0 Å². The Morgan fingerprint density at radius 3 is 3.04 bits per heavy atom. The normalized spacial score (nSPS) is 13.0. The molecule has 0 amide bonds. The average Bonchev–Trinajstić information content (AvgIpc) is 3.17. The predicted octanol–water partition coefficient (Wildman–Crippen LogP) is 3.52. The van der Waals surface area contributed by atoms with Crippen LogP contribution in [-0.2, 0) is 0 Å². The minimum Gasteiger partial charge on any atom is -0.404 e. The molecule has 128 valence electrons. The molecule has 26 heavy (non-hydrogen) atoms. The summed E-state index contributed by atoms with van der Waals surface area (Å²) in [6.07, 6.45) is 8.94. The Kier molecular flexibility index (Phi) is 5.20. The van der Waals surface area contributed by atoms with Crippen molar-refractivity contribution < 1.29 is 0 Å². The van der Waals surface area contributed by atoms with E-state index in [1.165, 1.54) is 12.5 Å². The van der Waals surface area contributed by atoms with Crippen molar-refractivity contribution in [2.75, 3.05) is 0 Å². The molecule has 2 heterocycles. The molecule has 0 aliphatic heterocycles. The molecule has 0 aliphatic rings. The number of H-pyrrole nitrogens is 1. The van der Waals surface area contributed by atoms with Crippen molar-refractivity contribution in [3.05, 3.63) is 78.5 Å². The van der Waals surface area contributed by atoms with Crippen LogP contribution < -0.4 is 5.73 Å². The Labute approximate surface area is 151 Å². The van der Waals surface area contributed by atoms with E-state index < -0.39 is 0 Å². The Hall–Kier alpha value is -3.72. The van der Waals surface area contributed by atoms with Crippen LogP contribution in [0.2, 0.25) is 0 Å². The van der Waals surface area contributed by atoms with Crippen LogP contribution in [0, 0.1) is 11.3 Å². The van der Waals surface area contributed by atoms with Gasteiger partial charge in [-0.1, -0.05) is 18.2 Å². The smallest absolute Gasteiger partial charge is 0.141 e. The first-order valence-electron chi connectivity index (χ1n) is 8.11. The molecule has 1 aromatic carbocycles. The van der Waals surface area contributed by atoms with Crippen molar-refractivity contribution in [3.8, 4) is 6.07 Å². The summed E-state index contributed by atoms with van der Waals surface area (Å²) in [6, 6.07) is 11.3. The van der Waals surface area contributed by atoms with Gasteiger partial charge >= 0.3 is 0 Å². The van der Waals surface area contributed by atoms with Crippen molar-refractivity contribution in [3.63, 3.8) is 0 Å². The van der Waals surface area contributed by atoms with Gasteiger partial charge in [0.25, 0.3) is 0 Å². The average molecular weight is 342 g/mol. The van der Waals surface area contributed by atoms with E-state index in [9.17, 15) is 0 Å².